The number of para-hydroxylation sites is 1. The van der Waals surface area contributed by atoms with E-state index in [-0.39, 0.29) is 17.5 Å². The lowest BCUT2D eigenvalue weighted by Crippen LogP contribution is -2.63. The Labute approximate surface area is 164 Å². The van der Waals surface area contributed by atoms with Gasteiger partial charge in [-0.3, -0.25) is 9.67 Å². The van der Waals surface area contributed by atoms with Gasteiger partial charge in [-0.05, 0) is 45.4 Å². The lowest BCUT2D eigenvalue weighted by Gasteiger charge is -2.47. The number of pyridine rings is 1. The average molecular weight is 375 g/mol. The number of carbonyl (C=O) groups is 1. The van der Waals surface area contributed by atoms with Gasteiger partial charge in [-0.15, -0.1) is 0 Å². The summed E-state index contributed by atoms with van der Waals surface area (Å²) in [6.45, 7) is 7.71. The molecular formula is C22H25N5O. The number of urea groups is 1. The molecule has 1 aromatic carbocycles. The van der Waals surface area contributed by atoms with E-state index in [0.29, 0.717) is 6.04 Å². The van der Waals surface area contributed by atoms with Gasteiger partial charge < -0.3 is 10.2 Å². The van der Waals surface area contributed by atoms with E-state index in [0.717, 1.165) is 41.7 Å². The van der Waals surface area contributed by atoms with Gasteiger partial charge in [-0.1, -0.05) is 18.2 Å². The lowest BCUT2D eigenvalue weighted by molar-refractivity contribution is 0.0883. The number of hydrogen-bond acceptors (Lipinski definition) is 3. The molecule has 0 radical (unpaired) electrons. The summed E-state index contributed by atoms with van der Waals surface area (Å²) in [5, 5.41) is 9.01. The number of amides is 2. The zero-order valence-electron chi connectivity index (χ0n) is 16.5. The molecule has 6 heteroatoms. The summed E-state index contributed by atoms with van der Waals surface area (Å²) < 4.78 is 2.15. The minimum Gasteiger partial charge on any atom is -0.336 e. The molecule has 2 aliphatic heterocycles. The molecule has 2 aliphatic rings. The van der Waals surface area contributed by atoms with Crippen molar-refractivity contribution >= 4 is 16.9 Å². The maximum absolute atomic E-state index is 12.3. The number of likely N-dealkylation sites (tertiary alicyclic amines) is 1. The van der Waals surface area contributed by atoms with Crippen LogP contribution in [-0.4, -0.2) is 44.8 Å². The Bertz CT molecular complexity index is 1060. The Morgan fingerprint density at radius 1 is 1.25 bits per heavy atom. The smallest absolute Gasteiger partial charge is 0.317 e. The minimum atomic E-state index is 0.0310. The van der Waals surface area contributed by atoms with Gasteiger partial charge in [0.05, 0.1) is 17.3 Å². The van der Waals surface area contributed by atoms with Crippen molar-refractivity contribution in [3.05, 3.63) is 48.3 Å². The second-order valence-electron chi connectivity index (χ2n) is 8.57. The molecule has 1 spiro atoms. The highest BCUT2D eigenvalue weighted by Gasteiger charge is 2.53. The third-order valence-electron chi connectivity index (χ3n) is 5.96. The van der Waals surface area contributed by atoms with Crippen LogP contribution in [0.5, 0.6) is 0 Å². The molecule has 0 unspecified atom stereocenters. The Balaban J connectivity index is 1.44. The Hall–Kier alpha value is -2.89. The number of hydrogen-bond donors (Lipinski definition) is 1. The van der Waals surface area contributed by atoms with Crippen LogP contribution in [0.1, 0.15) is 38.9 Å². The fraction of sp³-hybridized carbons (Fsp3) is 0.409. The maximum atomic E-state index is 12.3. The number of nitrogens with zero attached hydrogens (tertiary/aromatic N) is 4. The SMILES string of the molecule is CC(C)NC(=O)N1CC2(C[C@@H](C)n3nc(-c4cnc5ccccc5c4)cc32)C1. The van der Waals surface area contributed by atoms with Crippen LogP contribution in [0, 0.1) is 0 Å². The van der Waals surface area contributed by atoms with Gasteiger partial charge in [0.25, 0.3) is 0 Å². The second kappa shape index (κ2) is 6.06. The predicted molar refractivity (Wildman–Crippen MR) is 109 cm³/mol. The standard InChI is InChI=1S/C22H25N5O/c1-14(2)24-21(28)26-12-22(13-26)10-15(3)27-20(22)9-19(25-27)17-8-16-6-4-5-7-18(16)23-11-17/h4-9,11,14-15H,10,12-13H2,1-3H3,(H,24,28)/t15-/m1/s1. The van der Waals surface area contributed by atoms with Crippen LogP contribution in [0.15, 0.2) is 42.6 Å². The first kappa shape index (κ1) is 17.2. The molecule has 6 nitrogen and oxygen atoms in total. The van der Waals surface area contributed by atoms with Crippen molar-refractivity contribution < 1.29 is 4.79 Å². The van der Waals surface area contributed by atoms with Gasteiger partial charge in [0.1, 0.15) is 0 Å². The van der Waals surface area contributed by atoms with Crippen molar-refractivity contribution in [1.29, 1.82) is 0 Å². The maximum Gasteiger partial charge on any atom is 0.317 e. The third-order valence-corrected chi connectivity index (χ3v) is 5.96. The van der Waals surface area contributed by atoms with Crippen LogP contribution in [0.4, 0.5) is 4.79 Å². The van der Waals surface area contributed by atoms with Crippen molar-refractivity contribution in [2.24, 2.45) is 0 Å². The molecule has 1 fully saturated rings. The molecule has 0 bridgehead atoms. The summed E-state index contributed by atoms with van der Waals surface area (Å²) >= 11 is 0. The van der Waals surface area contributed by atoms with Crippen LogP contribution >= 0.6 is 0 Å². The summed E-state index contributed by atoms with van der Waals surface area (Å²) in [7, 11) is 0. The highest BCUT2D eigenvalue weighted by molar-refractivity contribution is 5.83. The van der Waals surface area contributed by atoms with E-state index in [2.05, 4.69) is 40.1 Å². The summed E-state index contributed by atoms with van der Waals surface area (Å²) in [5.41, 5.74) is 4.27. The van der Waals surface area contributed by atoms with Crippen LogP contribution in [0.25, 0.3) is 22.2 Å². The third kappa shape index (κ3) is 2.58. The molecular weight excluding hydrogens is 350 g/mol. The minimum absolute atomic E-state index is 0.0310. The Kier molecular flexibility index (Phi) is 3.73. The molecule has 4 heterocycles. The molecule has 144 valence electrons. The van der Waals surface area contributed by atoms with Gasteiger partial charge in [0.15, 0.2) is 0 Å². The van der Waals surface area contributed by atoms with Crippen molar-refractivity contribution in [2.45, 2.75) is 44.7 Å². The van der Waals surface area contributed by atoms with E-state index in [4.69, 9.17) is 5.10 Å². The lowest BCUT2D eigenvalue weighted by atomic mass is 9.75. The Morgan fingerprint density at radius 3 is 2.82 bits per heavy atom. The van der Waals surface area contributed by atoms with Gasteiger partial charge in [0.2, 0.25) is 0 Å². The van der Waals surface area contributed by atoms with Gasteiger partial charge in [-0.2, -0.15) is 5.10 Å². The number of benzene rings is 1. The van der Waals surface area contributed by atoms with Gasteiger partial charge in [0, 0.05) is 47.4 Å². The van der Waals surface area contributed by atoms with Crippen molar-refractivity contribution in [3.63, 3.8) is 0 Å². The van der Waals surface area contributed by atoms with Crippen LogP contribution in [0.3, 0.4) is 0 Å². The predicted octanol–water partition coefficient (Wildman–Crippen LogP) is 3.73. The first-order chi connectivity index (χ1) is 13.4. The first-order valence-corrected chi connectivity index (χ1v) is 9.96. The molecule has 2 aromatic heterocycles. The van der Waals surface area contributed by atoms with E-state index in [1.807, 2.05) is 43.1 Å². The summed E-state index contributed by atoms with van der Waals surface area (Å²) in [5.74, 6) is 0. The van der Waals surface area contributed by atoms with Crippen molar-refractivity contribution in [1.82, 2.24) is 25.0 Å². The summed E-state index contributed by atoms with van der Waals surface area (Å²) in [4.78, 5) is 18.8. The quantitative estimate of drug-likeness (QED) is 0.742. The summed E-state index contributed by atoms with van der Waals surface area (Å²) in [6.07, 6.45) is 2.94. The zero-order valence-corrected chi connectivity index (χ0v) is 16.5. The van der Waals surface area contributed by atoms with Crippen molar-refractivity contribution in [3.8, 4) is 11.3 Å². The van der Waals surface area contributed by atoms with Gasteiger partial charge in [-0.25, -0.2) is 4.79 Å². The van der Waals surface area contributed by atoms with Crippen LogP contribution < -0.4 is 5.32 Å². The van der Waals surface area contributed by atoms with E-state index in [9.17, 15) is 4.79 Å². The number of aromatic nitrogens is 3. The molecule has 2 amide bonds. The van der Waals surface area contributed by atoms with Crippen LogP contribution in [0.2, 0.25) is 0 Å². The zero-order chi connectivity index (χ0) is 19.5. The molecule has 1 atom stereocenters. The number of fused-ring (bicyclic) bond motifs is 3. The molecule has 0 aliphatic carbocycles. The number of carbonyl (C=O) groups excluding carboxylic acids is 1. The van der Waals surface area contributed by atoms with Gasteiger partial charge >= 0.3 is 6.03 Å². The van der Waals surface area contributed by atoms with E-state index in [1.165, 1.54) is 5.69 Å². The molecule has 5 rings (SSSR count). The first-order valence-electron chi connectivity index (χ1n) is 9.96. The normalized spacial score (nSPS) is 19.9. The molecule has 0 saturated carbocycles. The highest BCUT2D eigenvalue weighted by atomic mass is 16.2. The average Bonchev–Trinajstić information content (AvgIpc) is 3.19. The fourth-order valence-electron chi connectivity index (χ4n) is 4.69. The number of rotatable bonds is 2. The highest BCUT2D eigenvalue weighted by Crippen LogP contribution is 2.48. The molecule has 3 aromatic rings. The van der Waals surface area contributed by atoms with Crippen LogP contribution in [-0.2, 0) is 5.41 Å². The monoisotopic (exact) mass is 375 g/mol. The van der Waals surface area contributed by atoms with E-state index in [1.54, 1.807) is 0 Å². The fourth-order valence-corrected chi connectivity index (χ4v) is 4.69. The second-order valence-corrected chi connectivity index (χ2v) is 8.57. The Morgan fingerprint density at radius 2 is 2.04 bits per heavy atom. The van der Waals surface area contributed by atoms with Crippen molar-refractivity contribution in [2.75, 3.05) is 13.1 Å². The summed E-state index contributed by atoms with van der Waals surface area (Å²) in [6, 6.07) is 13.0. The van der Waals surface area contributed by atoms with E-state index >= 15 is 0 Å². The largest absolute Gasteiger partial charge is 0.336 e. The molecule has 1 N–H and O–H groups in total. The topological polar surface area (TPSA) is 63.1 Å². The molecule has 1 saturated heterocycles. The number of nitrogens with one attached hydrogen (secondary N) is 1. The van der Waals surface area contributed by atoms with E-state index < -0.39 is 0 Å². The molecule has 28 heavy (non-hydrogen) atoms.